The Kier molecular flexibility index (Phi) is 6.12. The lowest BCUT2D eigenvalue weighted by Crippen LogP contribution is -2.22. The second-order valence-corrected chi connectivity index (χ2v) is 11.6. The van der Waals surface area contributed by atoms with Gasteiger partial charge < -0.3 is 10.5 Å². The van der Waals surface area contributed by atoms with E-state index in [-0.39, 0.29) is 11.6 Å². The maximum Gasteiger partial charge on any atom is 0.264 e. The largest absolute Gasteiger partial charge is 0.490 e. The first-order chi connectivity index (χ1) is 19.9. The van der Waals surface area contributed by atoms with Crippen molar-refractivity contribution in [2.75, 3.05) is 5.73 Å². The zero-order valence-corrected chi connectivity index (χ0v) is 24.0. The molecule has 0 saturated heterocycles. The monoisotopic (exact) mass is 562 g/mol. The number of nitrogens with two attached hydrogens (primary N) is 1. The summed E-state index contributed by atoms with van der Waals surface area (Å²) in [6, 6.07) is 17.8. The van der Waals surface area contributed by atoms with Gasteiger partial charge >= 0.3 is 0 Å². The normalized spacial score (nSPS) is 14.1. The zero-order valence-electron chi connectivity index (χ0n) is 23.2. The van der Waals surface area contributed by atoms with Crippen LogP contribution in [0.3, 0.4) is 0 Å². The number of fused-ring (bicyclic) bond motifs is 2. The Morgan fingerprint density at radius 3 is 2.61 bits per heavy atom. The Morgan fingerprint density at radius 2 is 1.88 bits per heavy atom. The zero-order chi connectivity index (χ0) is 28.2. The van der Waals surface area contributed by atoms with E-state index in [4.69, 9.17) is 15.6 Å². The van der Waals surface area contributed by atoms with Crippen LogP contribution in [0.4, 0.5) is 5.82 Å². The molecule has 0 spiro atoms. The maximum atomic E-state index is 14.1. The minimum Gasteiger partial charge on any atom is -0.490 e. The summed E-state index contributed by atoms with van der Waals surface area (Å²) in [6.45, 7) is 6.12. The number of pyridine rings is 1. The van der Waals surface area contributed by atoms with Crippen molar-refractivity contribution < 1.29 is 4.74 Å². The molecule has 1 fully saturated rings. The Labute approximate surface area is 241 Å². The van der Waals surface area contributed by atoms with Crippen LogP contribution in [0.25, 0.3) is 38.2 Å². The number of hydrogen-bond donors (Lipinski definition) is 1. The van der Waals surface area contributed by atoms with Crippen molar-refractivity contribution in [3.63, 3.8) is 0 Å². The van der Waals surface area contributed by atoms with Gasteiger partial charge in [-0.3, -0.25) is 9.20 Å². The molecule has 2 N–H and O–H groups in total. The number of aryl methyl sites for hydroxylation is 2. The van der Waals surface area contributed by atoms with Crippen LogP contribution in [0, 0.1) is 13.8 Å². The first kappa shape index (κ1) is 25.5. The van der Waals surface area contributed by atoms with E-state index in [9.17, 15) is 4.79 Å². The number of nitrogen functional groups attached to an aromatic ring is 1. The van der Waals surface area contributed by atoms with Gasteiger partial charge in [-0.25, -0.2) is 14.6 Å². The number of thiazole rings is 1. The van der Waals surface area contributed by atoms with Crippen LogP contribution in [0.5, 0.6) is 5.75 Å². The second kappa shape index (κ2) is 9.85. The Balaban J connectivity index is 1.45. The van der Waals surface area contributed by atoms with Crippen molar-refractivity contribution in [3.05, 3.63) is 93.5 Å². The number of aromatic nitrogens is 5. The smallest absolute Gasteiger partial charge is 0.264 e. The minimum atomic E-state index is -0.269. The molecule has 2 aromatic carbocycles. The third kappa shape index (κ3) is 4.28. The first-order valence-electron chi connectivity index (χ1n) is 13.9. The van der Waals surface area contributed by atoms with Crippen LogP contribution < -0.4 is 16.0 Å². The molecule has 7 rings (SSSR count). The highest BCUT2D eigenvalue weighted by Crippen LogP contribution is 2.39. The summed E-state index contributed by atoms with van der Waals surface area (Å²) in [4.78, 5) is 23.9. The fourth-order valence-corrected chi connectivity index (χ4v) is 6.54. The van der Waals surface area contributed by atoms with Crippen molar-refractivity contribution >= 4 is 33.0 Å². The van der Waals surface area contributed by atoms with E-state index in [1.807, 2.05) is 66.4 Å². The summed E-state index contributed by atoms with van der Waals surface area (Å²) in [5, 5.41) is 7.87. The fourth-order valence-electron chi connectivity index (χ4n) is 5.62. The maximum absolute atomic E-state index is 14.1. The van der Waals surface area contributed by atoms with Gasteiger partial charge in [-0.1, -0.05) is 37.3 Å². The molecule has 1 aliphatic carbocycles. The highest BCUT2D eigenvalue weighted by molar-refractivity contribution is 7.15. The predicted octanol–water partition coefficient (Wildman–Crippen LogP) is 6.57. The topological polar surface area (TPSA) is 100 Å². The standard InChI is InChI=1S/C32H30N6O2S/c1-4-24(23-15-26-37(19(3)16-41-26)32(39)27(23)20-8-6-5-7-9-20)38-31-28(30(33)34-17-35-31)29(36-38)21-10-13-25(18(2)14-21)40-22-11-12-22/h5-10,13-17,22,24H,4,11-12H2,1-3H3,(H2,33,34,35)/t24-/m0/s1. The van der Waals surface area contributed by atoms with Gasteiger partial charge in [-0.15, -0.1) is 11.3 Å². The summed E-state index contributed by atoms with van der Waals surface area (Å²) < 4.78 is 9.79. The number of hydrogen-bond acceptors (Lipinski definition) is 7. The average molecular weight is 563 g/mol. The summed E-state index contributed by atoms with van der Waals surface area (Å²) in [5.74, 6) is 1.26. The molecular formula is C32H30N6O2S. The molecule has 0 amide bonds. The van der Waals surface area contributed by atoms with E-state index >= 15 is 0 Å². The molecule has 4 aromatic heterocycles. The minimum absolute atomic E-state index is 0.0337. The van der Waals surface area contributed by atoms with Gasteiger partial charge in [0.05, 0.1) is 23.1 Å². The van der Waals surface area contributed by atoms with Gasteiger partial charge in [0.2, 0.25) is 0 Å². The molecule has 8 nitrogen and oxygen atoms in total. The van der Waals surface area contributed by atoms with Crippen LogP contribution in [-0.4, -0.2) is 30.3 Å². The van der Waals surface area contributed by atoms with Crippen molar-refractivity contribution in [2.24, 2.45) is 0 Å². The molecule has 9 heteroatoms. The lowest BCUT2D eigenvalue weighted by atomic mass is 9.95. The van der Waals surface area contributed by atoms with Gasteiger partial charge in [-0.2, -0.15) is 5.10 Å². The summed E-state index contributed by atoms with van der Waals surface area (Å²) in [5.41, 5.74) is 13.1. The molecule has 4 heterocycles. The number of benzene rings is 2. The van der Waals surface area contributed by atoms with E-state index < -0.39 is 0 Å². The van der Waals surface area contributed by atoms with E-state index in [1.54, 1.807) is 15.7 Å². The van der Waals surface area contributed by atoms with Crippen LogP contribution in [-0.2, 0) is 0 Å². The highest BCUT2D eigenvalue weighted by Gasteiger charge is 2.28. The van der Waals surface area contributed by atoms with E-state index in [0.717, 1.165) is 51.4 Å². The second-order valence-electron chi connectivity index (χ2n) is 10.7. The molecular weight excluding hydrogens is 532 g/mol. The van der Waals surface area contributed by atoms with E-state index in [1.165, 1.54) is 6.33 Å². The number of ether oxygens (including phenoxy) is 1. The number of nitrogens with zero attached hydrogens (tertiary/aromatic N) is 5. The summed E-state index contributed by atoms with van der Waals surface area (Å²) in [6.07, 6.45) is 4.69. The Hall–Kier alpha value is -4.50. The highest BCUT2D eigenvalue weighted by atomic mass is 32.1. The fraction of sp³-hybridized carbons (Fsp3) is 0.250. The van der Waals surface area contributed by atoms with Gasteiger partial charge in [0, 0.05) is 16.6 Å². The molecule has 1 aliphatic rings. The molecule has 41 heavy (non-hydrogen) atoms. The van der Waals surface area contributed by atoms with Crippen molar-refractivity contribution in [1.82, 2.24) is 24.1 Å². The lowest BCUT2D eigenvalue weighted by Gasteiger charge is -2.21. The van der Waals surface area contributed by atoms with Crippen molar-refractivity contribution in [2.45, 2.75) is 52.2 Å². The lowest BCUT2D eigenvalue weighted by molar-refractivity contribution is 0.301. The van der Waals surface area contributed by atoms with Gasteiger partial charge in [0.25, 0.3) is 5.56 Å². The summed E-state index contributed by atoms with van der Waals surface area (Å²) in [7, 11) is 0. The molecule has 1 saturated carbocycles. The quantitative estimate of drug-likeness (QED) is 0.236. The number of rotatable bonds is 7. The van der Waals surface area contributed by atoms with Gasteiger partial charge in [0.1, 0.15) is 28.4 Å². The molecule has 0 bridgehead atoms. The molecule has 0 aliphatic heterocycles. The predicted molar refractivity (Wildman–Crippen MR) is 164 cm³/mol. The molecule has 206 valence electrons. The van der Waals surface area contributed by atoms with Gasteiger partial charge in [-0.05, 0) is 74.1 Å². The average Bonchev–Trinajstić information content (AvgIpc) is 3.60. The van der Waals surface area contributed by atoms with Gasteiger partial charge in [0.15, 0.2) is 5.65 Å². The number of anilines is 1. The molecule has 6 aromatic rings. The molecule has 0 radical (unpaired) electrons. The van der Waals surface area contributed by atoms with Crippen LogP contribution in [0.15, 0.2) is 71.1 Å². The first-order valence-corrected chi connectivity index (χ1v) is 14.8. The third-order valence-corrected chi connectivity index (χ3v) is 8.80. The van der Waals surface area contributed by atoms with Crippen LogP contribution >= 0.6 is 11.3 Å². The van der Waals surface area contributed by atoms with Crippen LogP contribution in [0.1, 0.15) is 49.0 Å². The molecule has 0 unspecified atom stereocenters. The summed E-state index contributed by atoms with van der Waals surface area (Å²) >= 11 is 1.56. The Morgan fingerprint density at radius 1 is 1.07 bits per heavy atom. The third-order valence-electron chi connectivity index (χ3n) is 7.80. The molecule has 1 atom stereocenters. The van der Waals surface area contributed by atoms with Crippen molar-refractivity contribution in [3.8, 4) is 28.1 Å². The van der Waals surface area contributed by atoms with E-state index in [2.05, 4.69) is 29.0 Å². The van der Waals surface area contributed by atoms with E-state index in [0.29, 0.717) is 40.6 Å². The Bertz CT molecular complexity index is 1990. The van der Waals surface area contributed by atoms with Crippen LogP contribution in [0.2, 0.25) is 0 Å². The SMILES string of the molecule is CC[C@@H](c1cc2scc(C)n2c(=O)c1-c1ccccc1)n1nc(-c2ccc(OC3CC3)c(C)c2)c2c(N)ncnc21. The van der Waals surface area contributed by atoms with Crippen molar-refractivity contribution in [1.29, 1.82) is 0 Å².